The number of hydrogen-bond acceptors (Lipinski definition) is 2. The summed E-state index contributed by atoms with van der Waals surface area (Å²) in [5, 5.41) is 0. The van der Waals surface area contributed by atoms with E-state index in [-0.39, 0.29) is 11.9 Å². The van der Waals surface area contributed by atoms with Crippen molar-refractivity contribution in [3.8, 4) is 0 Å². The minimum atomic E-state index is -0.0897. The van der Waals surface area contributed by atoms with Crippen molar-refractivity contribution < 1.29 is 9.59 Å². The molecule has 1 saturated carbocycles. The highest BCUT2D eigenvalue weighted by molar-refractivity contribution is 5.89. The van der Waals surface area contributed by atoms with E-state index in [1.54, 1.807) is 0 Å². The van der Waals surface area contributed by atoms with Crippen molar-refractivity contribution in [1.82, 2.24) is 4.90 Å². The van der Waals surface area contributed by atoms with Crippen LogP contribution in [0.25, 0.3) is 0 Å². The molecular weight excluding hydrogens is 202 g/mol. The second-order valence-electron chi connectivity index (χ2n) is 4.98. The zero-order valence-electron chi connectivity index (χ0n) is 9.91. The third kappa shape index (κ3) is 2.63. The van der Waals surface area contributed by atoms with E-state index in [1.165, 1.54) is 0 Å². The van der Waals surface area contributed by atoms with Crippen LogP contribution >= 0.6 is 0 Å². The molecule has 3 heteroatoms. The average Bonchev–Trinajstić information content (AvgIpc) is 2.59. The van der Waals surface area contributed by atoms with Gasteiger partial charge in [0.15, 0.2) is 5.78 Å². The number of likely N-dealkylation sites (tertiary alicyclic amines) is 1. The molecular formula is C13H21NO2. The number of hydrogen-bond donors (Lipinski definition) is 0. The van der Waals surface area contributed by atoms with Crippen molar-refractivity contribution in [3.05, 3.63) is 0 Å². The molecule has 0 radical (unpaired) electrons. The van der Waals surface area contributed by atoms with Gasteiger partial charge in [-0.2, -0.15) is 0 Å². The minimum absolute atomic E-state index is 0.0897. The van der Waals surface area contributed by atoms with Crippen molar-refractivity contribution in [2.24, 2.45) is 0 Å². The molecule has 1 unspecified atom stereocenters. The van der Waals surface area contributed by atoms with Gasteiger partial charge in [0.05, 0.1) is 6.04 Å². The van der Waals surface area contributed by atoms with Crippen LogP contribution in [0.2, 0.25) is 0 Å². The standard InChI is InChI=1S/C13H21NO2/c15-12-8-4-1-3-7-11(12)14-10-6-2-5-9-13(14)16/h11H,1-10H2. The summed E-state index contributed by atoms with van der Waals surface area (Å²) in [5.74, 6) is 0.505. The molecule has 0 spiro atoms. The summed E-state index contributed by atoms with van der Waals surface area (Å²) in [5.41, 5.74) is 0. The molecule has 1 aliphatic carbocycles. The first-order valence-corrected chi connectivity index (χ1v) is 6.61. The maximum atomic E-state index is 12.0. The molecule has 1 heterocycles. The Balaban J connectivity index is 2.07. The Morgan fingerprint density at radius 2 is 1.62 bits per heavy atom. The average molecular weight is 223 g/mol. The Bertz CT molecular complexity index is 247. The first-order valence-electron chi connectivity index (χ1n) is 6.61. The number of rotatable bonds is 1. The molecule has 0 aromatic rings. The first-order chi connectivity index (χ1) is 7.79. The summed E-state index contributed by atoms with van der Waals surface area (Å²) in [4.78, 5) is 25.8. The lowest BCUT2D eigenvalue weighted by atomic mass is 10.1. The molecule has 2 aliphatic rings. The summed E-state index contributed by atoms with van der Waals surface area (Å²) >= 11 is 0. The molecule has 1 saturated heterocycles. The Morgan fingerprint density at radius 3 is 2.50 bits per heavy atom. The fourth-order valence-corrected chi connectivity index (χ4v) is 2.80. The second kappa shape index (κ2) is 5.46. The highest BCUT2D eigenvalue weighted by Crippen LogP contribution is 2.22. The van der Waals surface area contributed by atoms with E-state index in [0.717, 1.165) is 51.5 Å². The van der Waals surface area contributed by atoms with Crippen LogP contribution in [-0.4, -0.2) is 29.2 Å². The predicted octanol–water partition coefficient (Wildman–Crippen LogP) is 2.29. The van der Waals surface area contributed by atoms with Crippen LogP contribution in [0, 0.1) is 0 Å². The second-order valence-corrected chi connectivity index (χ2v) is 4.98. The van der Waals surface area contributed by atoms with Crippen LogP contribution in [0.3, 0.4) is 0 Å². The van der Waals surface area contributed by atoms with Gasteiger partial charge in [0.2, 0.25) is 5.91 Å². The summed E-state index contributed by atoms with van der Waals surface area (Å²) in [6, 6.07) is -0.0897. The monoisotopic (exact) mass is 223 g/mol. The molecule has 0 aromatic heterocycles. The van der Waals surface area contributed by atoms with Crippen molar-refractivity contribution in [2.45, 2.75) is 63.8 Å². The maximum absolute atomic E-state index is 12.0. The topological polar surface area (TPSA) is 37.4 Å². The fraction of sp³-hybridized carbons (Fsp3) is 0.846. The lowest BCUT2D eigenvalue weighted by molar-refractivity contribution is -0.139. The molecule has 1 amide bonds. The summed E-state index contributed by atoms with van der Waals surface area (Å²) in [6.07, 6.45) is 8.65. The van der Waals surface area contributed by atoms with Crippen LogP contribution in [0.1, 0.15) is 57.8 Å². The van der Waals surface area contributed by atoms with Crippen molar-refractivity contribution in [2.75, 3.05) is 6.54 Å². The quantitative estimate of drug-likeness (QED) is 0.640. The van der Waals surface area contributed by atoms with Gasteiger partial charge in [-0.3, -0.25) is 9.59 Å². The third-order valence-electron chi connectivity index (χ3n) is 3.76. The molecule has 0 aromatic carbocycles. The van der Waals surface area contributed by atoms with Gasteiger partial charge in [-0.1, -0.05) is 19.3 Å². The van der Waals surface area contributed by atoms with Crippen LogP contribution in [0.15, 0.2) is 0 Å². The van der Waals surface area contributed by atoms with E-state index in [4.69, 9.17) is 0 Å². The zero-order valence-corrected chi connectivity index (χ0v) is 9.91. The number of Topliss-reactive ketones (excluding diaryl/α,β-unsaturated/α-hetero) is 1. The molecule has 1 aliphatic heterocycles. The highest BCUT2D eigenvalue weighted by Gasteiger charge is 2.30. The molecule has 90 valence electrons. The normalized spacial score (nSPS) is 28.8. The number of carbonyl (C=O) groups is 2. The summed E-state index contributed by atoms with van der Waals surface area (Å²) in [6.45, 7) is 0.801. The number of amides is 1. The van der Waals surface area contributed by atoms with Crippen LogP contribution in [0.4, 0.5) is 0 Å². The summed E-state index contributed by atoms with van der Waals surface area (Å²) in [7, 11) is 0. The number of carbonyl (C=O) groups excluding carboxylic acids is 2. The lowest BCUT2D eigenvalue weighted by Gasteiger charge is -2.28. The Morgan fingerprint density at radius 1 is 0.875 bits per heavy atom. The van der Waals surface area contributed by atoms with Gasteiger partial charge >= 0.3 is 0 Å². The molecule has 3 nitrogen and oxygen atoms in total. The van der Waals surface area contributed by atoms with E-state index >= 15 is 0 Å². The van der Waals surface area contributed by atoms with Crippen molar-refractivity contribution in [3.63, 3.8) is 0 Å². The molecule has 0 bridgehead atoms. The van der Waals surface area contributed by atoms with E-state index in [1.807, 2.05) is 4.90 Å². The first kappa shape index (κ1) is 11.6. The Labute approximate surface area is 97.2 Å². The number of ketones is 1. The third-order valence-corrected chi connectivity index (χ3v) is 3.76. The van der Waals surface area contributed by atoms with Crippen LogP contribution in [-0.2, 0) is 9.59 Å². The van der Waals surface area contributed by atoms with Gasteiger partial charge in [-0.05, 0) is 25.7 Å². The fourth-order valence-electron chi connectivity index (χ4n) is 2.80. The van der Waals surface area contributed by atoms with Gasteiger partial charge in [0.1, 0.15) is 0 Å². The minimum Gasteiger partial charge on any atom is -0.333 e. The van der Waals surface area contributed by atoms with Gasteiger partial charge in [-0.25, -0.2) is 0 Å². The SMILES string of the molecule is O=C1CCCCCC1N1CCCCCC1=O. The zero-order chi connectivity index (χ0) is 11.4. The van der Waals surface area contributed by atoms with Crippen molar-refractivity contribution >= 4 is 11.7 Å². The smallest absolute Gasteiger partial charge is 0.223 e. The number of nitrogens with zero attached hydrogens (tertiary/aromatic N) is 1. The maximum Gasteiger partial charge on any atom is 0.223 e. The molecule has 2 fully saturated rings. The summed E-state index contributed by atoms with van der Waals surface area (Å²) < 4.78 is 0. The van der Waals surface area contributed by atoms with Crippen LogP contribution < -0.4 is 0 Å². The predicted molar refractivity (Wildman–Crippen MR) is 62.1 cm³/mol. The van der Waals surface area contributed by atoms with E-state index in [0.29, 0.717) is 18.6 Å². The van der Waals surface area contributed by atoms with Crippen molar-refractivity contribution in [1.29, 1.82) is 0 Å². The van der Waals surface area contributed by atoms with Crippen LogP contribution in [0.5, 0.6) is 0 Å². The van der Waals surface area contributed by atoms with Gasteiger partial charge < -0.3 is 4.90 Å². The lowest BCUT2D eigenvalue weighted by Crippen LogP contribution is -2.44. The highest BCUT2D eigenvalue weighted by atomic mass is 16.2. The molecule has 2 rings (SSSR count). The molecule has 16 heavy (non-hydrogen) atoms. The van der Waals surface area contributed by atoms with E-state index in [9.17, 15) is 9.59 Å². The van der Waals surface area contributed by atoms with E-state index in [2.05, 4.69) is 0 Å². The molecule has 0 N–H and O–H groups in total. The van der Waals surface area contributed by atoms with Gasteiger partial charge in [-0.15, -0.1) is 0 Å². The largest absolute Gasteiger partial charge is 0.333 e. The van der Waals surface area contributed by atoms with Gasteiger partial charge in [0.25, 0.3) is 0 Å². The molecule has 1 atom stereocenters. The van der Waals surface area contributed by atoms with Gasteiger partial charge in [0, 0.05) is 19.4 Å². The Kier molecular flexibility index (Phi) is 3.97. The Hall–Kier alpha value is -0.860. The van der Waals surface area contributed by atoms with E-state index < -0.39 is 0 Å².